The van der Waals surface area contributed by atoms with Gasteiger partial charge in [0, 0.05) is 6.92 Å². The Hall–Kier alpha value is -1.71. The van der Waals surface area contributed by atoms with Gasteiger partial charge in [-0.15, -0.1) is 0 Å². The van der Waals surface area contributed by atoms with Crippen LogP contribution in [-0.2, 0) is 4.79 Å². The van der Waals surface area contributed by atoms with Gasteiger partial charge in [0.15, 0.2) is 11.5 Å². The number of hydrogen-bond acceptors (Lipinski definition) is 3. The van der Waals surface area contributed by atoms with E-state index in [9.17, 15) is 0 Å². The Balaban J connectivity index is 0.000000364. The van der Waals surface area contributed by atoms with E-state index in [2.05, 4.69) is 0 Å². The molecule has 0 saturated carbocycles. The van der Waals surface area contributed by atoms with E-state index in [1.165, 1.54) is 7.11 Å². The number of benzene rings is 1. The topological polar surface area (TPSA) is 66.8 Å². The standard InChI is InChI=1S/C8H10O2.C2H4O2/c1-6-3-4-7(9)8(5-6)10-2;1-2(3)4/h3-5,9H,1-2H3;1H3,(H,3,4). The summed E-state index contributed by atoms with van der Waals surface area (Å²) >= 11 is 0. The van der Waals surface area contributed by atoms with Gasteiger partial charge in [0.1, 0.15) is 0 Å². The Bertz CT molecular complexity index is 303. The normalized spacial score (nSPS) is 8.50. The van der Waals surface area contributed by atoms with E-state index in [1.54, 1.807) is 12.1 Å². The summed E-state index contributed by atoms with van der Waals surface area (Å²) in [4.78, 5) is 9.00. The van der Waals surface area contributed by atoms with Crippen molar-refractivity contribution in [3.8, 4) is 11.5 Å². The molecule has 0 fully saturated rings. The molecule has 0 heterocycles. The summed E-state index contributed by atoms with van der Waals surface area (Å²) in [5.41, 5.74) is 1.08. The number of carboxylic acids is 1. The van der Waals surface area contributed by atoms with E-state index in [-0.39, 0.29) is 5.75 Å². The van der Waals surface area contributed by atoms with Gasteiger partial charge >= 0.3 is 0 Å². The van der Waals surface area contributed by atoms with Gasteiger partial charge in [-0.05, 0) is 24.6 Å². The highest BCUT2D eigenvalue weighted by molar-refractivity contribution is 5.62. The van der Waals surface area contributed by atoms with Crippen LogP contribution in [0.2, 0.25) is 0 Å². The third kappa shape index (κ3) is 5.03. The third-order valence-corrected chi connectivity index (χ3v) is 1.34. The molecule has 0 amide bonds. The number of ether oxygens (including phenoxy) is 1. The maximum Gasteiger partial charge on any atom is 0.300 e. The lowest BCUT2D eigenvalue weighted by molar-refractivity contribution is -0.134. The number of carbonyl (C=O) groups is 1. The first-order chi connectivity index (χ1) is 6.47. The van der Waals surface area contributed by atoms with E-state index >= 15 is 0 Å². The zero-order valence-corrected chi connectivity index (χ0v) is 8.44. The number of carboxylic acid groups (broad SMARTS) is 1. The Morgan fingerprint density at radius 3 is 2.29 bits per heavy atom. The monoisotopic (exact) mass is 198 g/mol. The molecule has 1 aromatic rings. The number of phenolic OH excluding ortho intramolecular Hbond substituents is 1. The Morgan fingerprint density at radius 2 is 1.93 bits per heavy atom. The highest BCUT2D eigenvalue weighted by Crippen LogP contribution is 2.25. The second-order valence-corrected chi connectivity index (χ2v) is 2.69. The van der Waals surface area contributed by atoms with Gasteiger partial charge < -0.3 is 14.9 Å². The molecule has 0 radical (unpaired) electrons. The summed E-state index contributed by atoms with van der Waals surface area (Å²) in [6, 6.07) is 5.24. The number of hydrogen-bond donors (Lipinski definition) is 2. The van der Waals surface area contributed by atoms with Gasteiger partial charge in [0.05, 0.1) is 7.11 Å². The van der Waals surface area contributed by atoms with Crippen molar-refractivity contribution in [3.05, 3.63) is 23.8 Å². The second-order valence-electron chi connectivity index (χ2n) is 2.69. The van der Waals surface area contributed by atoms with E-state index < -0.39 is 5.97 Å². The van der Waals surface area contributed by atoms with Gasteiger partial charge in [0.2, 0.25) is 0 Å². The number of phenols is 1. The van der Waals surface area contributed by atoms with Crippen LogP contribution in [-0.4, -0.2) is 23.3 Å². The maximum absolute atomic E-state index is 9.11. The van der Waals surface area contributed by atoms with Crippen LogP contribution in [0.1, 0.15) is 12.5 Å². The van der Waals surface area contributed by atoms with Crippen LogP contribution in [0.4, 0.5) is 0 Å². The Labute approximate surface area is 82.8 Å². The lowest BCUT2D eigenvalue weighted by Gasteiger charge is -2.02. The number of aryl methyl sites for hydroxylation is 1. The van der Waals surface area contributed by atoms with E-state index in [0.717, 1.165) is 12.5 Å². The zero-order chi connectivity index (χ0) is 11.1. The smallest absolute Gasteiger partial charge is 0.300 e. The largest absolute Gasteiger partial charge is 0.504 e. The molecule has 0 atom stereocenters. The zero-order valence-electron chi connectivity index (χ0n) is 8.44. The van der Waals surface area contributed by atoms with Crippen molar-refractivity contribution in [2.45, 2.75) is 13.8 Å². The van der Waals surface area contributed by atoms with Gasteiger partial charge in [-0.25, -0.2) is 0 Å². The molecule has 0 spiro atoms. The first kappa shape index (κ1) is 12.3. The van der Waals surface area contributed by atoms with Gasteiger partial charge in [-0.2, -0.15) is 0 Å². The van der Waals surface area contributed by atoms with Gasteiger partial charge in [-0.1, -0.05) is 6.07 Å². The number of aromatic hydroxyl groups is 1. The lowest BCUT2D eigenvalue weighted by Crippen LogP contribution is -1.83. The van der Waals surface area contributed by atoms with Crippen LogP contribution in [0.15, 0.2) is 18.2 Å². The van der Waals surface area contributed by atoms with Gasteiger partial charge in [-0.3, -0.25) is 4.79 Å². The summed E-state index contributed by atoms with van der Waals surface area (Å²) in [7, 11) is 1.54. The molecule has 0 unspecified atom stereocenters. The number of methoxy groups -OCH3 is 1. The molecule has 0 saturated heterocycles. The van der Waals surface area contributed by atoms with Crippen molar-refractivity contribution in [2.24, 2.45) is 0 Å². The molecule has 2 N–H and O–H groups in total. The summed E-state index contributed by atoms with van der Waals surface area (Å²) < 4.78 is 4.88. The van der Waals surface area contributed by atoms with E-state index in [1.807, 2.05) is 13.0 Å². The highest BCUT2D eigenvalue weighted by Gasteiger charge is 1.97. The minimum atomic E-state index is -0.833. The molecule has 4 heteroatoms. The molecule has 0 aromatic heterocycles. The van der Waals surface area contributed by atoms with Crippen LogP contribution in [0.3, 0.4) is 0 Å². The molecular weight excluding hydrogens is 184 g/mol. The third-order valence-electron chi connectivity index (χ3n) is 1.34. The van der Waals surface area contributed by atoms with Crippen molar-refractivity contribution in [1.82, 2.24) is 0 Å². The van der Waals surface area contributed by atoms with E-state index in [4.69, 9.17) is 19.7 Å². The van der Waals surface area contributed by atoms with Crippen molar-refractivity contribution < 1.29 is 19.7 Å². The SMILES string of the molecule is CC(=O)O.COc1cc(C)ccc1O. The molecule has 14 heavy (non-hydrogen) atoms. The molecule has 1 aromatic carbocycles. The van der Waals surface area contributed by atoms with Crippen molar-refractivity contribution in [1.29, 1.82) is 0 Å². The summed E-state index contributed by atoms with van der Waals surface area (Å²) in [6.45, 7) is 3.03. The predicted molar refractivity (Wildman–Crippen MR) is 52.7 cm³/mol. The molecule has 0 bridgehead atoms. The molecule has 0 aliphatic rings. The fourth-order valence-electron chi connectivity index (χ4n) is 0.785. The fraction of sp³-hybridized carbons (Fsp3) is 0.300. The molecule has 0 aliphatic heterocycles. The first-order valence-electron chi connectivity index (χ1n) is 4.00. The summed E-state index contributed by atoms with van der Waals surface area (Å²) in [5, 5.41) is 16.5. The van der Waals surface area contributed by atoms with Crippen LogP contribution < -0.4 is 4.74 Å². The lowest BCUT2D eigenvalue weighted by atomic mass is 10.2. The quantitative estimate of drug-likeness (QED) is 0.722. The Morgan fingerprint density at radius 1 is 1.43 bits per heavy atom. The molecule has 0 aliphatic carbocycles. The minimum Gasteiger partial charge on any atom is -0.504 e. The molecule has 1 rings (SSSR count). The minimum absolute atomic E-state index is 0.188. The fourth-order valence-corrected chi connectivity index (χ4v) is 0.785. The van der Waals surface area contributed by atoms with Crippen LogP contribution >= 0.6 is 0 Å². The van der Waals surface area contributed by atoms with Crippen molar-refractivity contribution in [3.63, 3.8) is 0 Å². The van der Waals surface area contributed by atoms with Crippen LogP contribution in [0.5, 0.6) is 11.5 Å². The highest BCUT2D eigenvalue weighted by atomic mass is 16.5. The van der Waals surface area contributed by atoms with Crippen LogP contribution in [0.25, 0.3) is 0 Å². The predicted octanol–water partition coefficient (Wildman–Crippen LogP) is 1.80. The van der Waals surface area contributed by atoms with Crippen LogP contribution in [0, 0.1) is 6.92 Å². The second kappa shape index (κ2) is 5.85. The molecular formula is C10H14O4. The first-order valence-corrected chi connectivity index (χ1v) is 4.00. The van der Waals surface area contributed by atoms with Crippen molar-refractivity contribution in [2.75, 3.05) is 7.11 Å². The number of rotatable bonds is 1. The van der Waals surface area contributed by atoms with Crippen molar-refractivity contribution >= 4 is 5.97 Å². The van der Waals surface area contributed by atoms with Gasteiger partial charge in [0.25, 0.3) is 5.97 Å². The average Bonchev–Trinajstić information content (AvgIpc) is 2.08. The number of aliphatic carboxylic acids is 1. The molecule has 4 nitrogen and oxygen atoms in total. The molecule has 78 valence electrons. The summed E-state index contributed by atoms with van der Waals surface area (Å²) in [5.74, 6) is -0.117. The van der Waals surface area contributed by atoms with E-state index in [0.29, 0.717) is 5.75 Å². The summed E-state index contributed by atoms with van der Waals surface area (Å²) in [6.07, 6.45) is 0. The average molecular weight is 198 g/mol. The Kier molecular flexibility index (Phi) is 5.14. The maximum atomic E-state index is 9.11.